The number of nitrogens with zero attached hydrogens (tertiary/aromatic N) is 1. The molecule has 1 aromatic heterocycles. The summed E-state index contributed by atoms with van der Waals surface area (Å²) >= 11 is 0. The van der Waals surface area contributed by atoms with Crippen LogP contribution in [-0.4, -0.2) is 11.0 Å². The maximum absolute atomic E-state index is 6.01. The van der Waals surface area contributed by atoms with E-state index in [0.29, 0.717) is 6.04 Å². The quantitative estimate of drug-likeness (QED) is 0.821. The van der Waals surface area contributed by atoms with Crippen LogP contribution >= 0.6 is 0 Å². The lowest BCUT2D eigenvalue weighted by Gasteiger charge is -2.20. The first-order chi connectivity index (χ1) is 9.33. The Kier molecular flexibility index (Phi) is 2.40. The van der Waals surface area contributed by atoms with E-state index in [-0.39, 0.29) is 0 Å². The maximum Gasteiger partial charge on any atom is 0.0951 e. The smallest absolute Gasteiger partial charge is 0.0951 e. The Labute approximate surface area is 113 Å². The van der Waals surface area contributed by atoms with E-state index in [4.69, 9.17) is 5.73 Å². The molecule has 2 saturated carbocycles. The average molecular weight is 253 g/mol. The molecule has 3 N–H and O–H groups in total. The second kappa shape index (κ2) is 4.12. The summed E-state index contributed by atoms with van der Waals surface area (Å²) in [6, 6.07) is 8.77. The summed E-state index contributed by atoms with van der Waals surface area (Å²) in [4.78, 5) is 4.40. The Balaban J connectivity index is 1.72. The van der Waals surface area contributed by atoms with E-state index >= 15 is 0 Å². The van der Waals surface area contributed by atoms with E-state index in [1.165, 1.54) is 31.4 Å². The van der Waals surface area contributed by atoms with Gasteiger partial charge in [0.2, 0.25) is 0 Å². The van der Waals surface area contributed by atoms with Crippen LogP contribution in [0.3, 0.4) is 0 Å². The lowest BCUT2D eigenvalue weighted by Crippen LogP contribution is -2.24. The molecule has 2 aromatic rings. The van der Waals surface area contributed by atoms with E-state index in [1.807, 2.05) is 18.3 Å². The minimum Gasteiger partial charge on any atom is -0.397 e. The van der Waals surface area contributed by atoms with Crippen LogP contribution in [0.2, 0.25) is 0 Å². The van der Waals surface area contributed by atoms with E-state index in [2.05, 4.69) is 22.4 Å². The van der Waals surface area contributed by atoms with Gasteiger partial charge in [0, 0.05) is 23.3 Å². The number of rotatable bonds is 4. The van der Waals surface area contributed by atoms with Crippen molar-refractivity contribution in [2.75, 3.05) is 11.1 Å². The molecule has 0 aliphatic heterocycles. The molecule has 1 heterocycles. The van der Waals surface area contributed by atoms with Crippen LogP contribution in [0.5, 0.6) is 0 Å². The van der Waals surface area contributed by atoms with Crippen molar-refractivity contribution in [3.8, 4) is 0 Å². The van der Waals surface area contributed by atoms with Crippen LogP contribution in [0.4, 0.5) is 11.4 Å². The van der Waals surface area contributed by atoms with Crippen molar-refractivity contribution >= 4 is 22.3 Å². The summed E-state index contributed by atoms with van der Waals surface area (Å²) in [6.45, 7) is 0. The lowest BCUT2D eigenvalue weighted by molar-refractivity contribution is 0.568. The van der Waals surface area contributed by atoms with Crippen LogP contribution < -0.4 is 11.1 Å². The second-order valence-corrected chi connectivity index (χ2v) is 5.95. The second-order valence-electron chi connectivity index (χ2n) is 5.95. The molecule has 0 amide bonds. The van der Waals surface area contributed by atoms with Crippen LogP contribution in [0.25, 0.3) is 10.9 Å². The first-order valence-electron chi connectivity index (χ1n) is 7.22. The van der Waals surface area contributed by atoms with Gasteiger partial charge < -0.3 is 11.1 Å². The van der Waals surface area contributed by atoms with Gasteiger partial charge in [-0.1, -0.05) is 12.1 Å². The minimum atomic E-state index is 0.659. The van der Waals surface area contributed by atoms with Crippen molar-refractivity contribution in [2.45, 2.75) is 31.7 Å². The Morgan fingerprint density at radius 3 is 2.53 bits per heavy atom. The van der Waals surface area contributed by atoms with Crippen molar-refractivity contribution in [2.24, 2.45) is 11.8 Å². The van der Waals surface area contributed by atoms with Crippen LogP contribution in [-0.2, 0) is 0 Å². The topological polar surface area (TPSA) is 50.9 Å². The number of anilines is 2. The Hall–Kier alpha value is -1.77. The number of nitrogens with two attached hydrogens (primary N) is 1. The molecule has 4 rings (SSSR count). The number of para-hydroxylation sites is 1. The molecule has 0 radical (unpaired) electrons. The molecule has 3 nitrogen and oxygen atoms in total. The first-order valence-corrected chi connectivity index (χ1v) is 7.22. The van der Waals surface area contributed by atoms with E-state index in [9.17, 15) is 0 Å². The van der Waals surface area contributed by atoms with Gasteiger partial charge in [0.25, 0.3) is 0 Å². The Bertz CT molecular complexity index is 602. The first kappa shape index (κ1) is 11.1. The molecule has 0 bridgehead atoms. The molecule has 0 spiro atoms. The molecule has 2 fully saturated rings. The third kappa shape index (κ3) is 2.03. The largest absolute Gasteiger partial charge is 0.397 e. The molecule has 2 aliphatic carbocycles. The van der Waals surface area contributed by atoms with Crippen LogP contribution in [0, 0.1) is 11.8 Å². The zero-order chi connectivity index (χ0) is 12.8. The van der Waals surface area contributed by atoms with Crippen LogP contribution in [0.1, 0.15) is 25.7 Å². The van der Waals surface area contributed by atoms with Gasteiger partial charge in [-0.3, -0.25) is 4.98 Å². The number of hydrogen-bond acceptors (Lipinski definition) is 3. The summed E-state index contributed by atoms with van der Waals surface area (Å²) < 4.78 is 0. The van der Waals surface area contributed by atoms with Gasteiger partial charge >= 0.3 is 0 Å². The SMILES string of the molecule is Nc1cccc2c(NC(C3CC3)C3CC3)ccnc12. The van der Waals surface area contributed by atoms with Crippen LogP contribution in [0.15, 0.2) is 30.5 Å². The number of pyridine rings is 1. The highest BCUT2D eigenvalue weighted by Crippen LogP contribution is 2.46. The highest BCUT2D eigenvalue weighted by Gasteiger charge is 2.41. The van der Waals surface area contributed by atoms with Gasteiger partial charge in [0.15, 0.2) is 0 Å². The zero-order valence-electron chi connectivity index (χ0n) is 11.0. The molecule has 19 heavy (non-hydrogen) atoms. The number of hydrogen-bond donors (Lipinski definition) is 2. The van der Waals surface area contributed by atoms with E-state index < -0.39 is 0 Å². The number of nitrogen functional groups attached to an aromatic ring is 1. The van der Waals surface area contributed by atoms with Crippen molar-refractivity contribution in [1.82, 2.24) is 4.98 Å². The molecular formula is C16H19N3. The number of benzene rings is 1. The average Bonchev–Trinajstić information content (AvgIpc) is 3.28. The van der Waals surface area contributed by atoms with Crippen molar-refractivity contribution in [3.63, 3.8) is 0 Å². The van der Waals surface area contributed by atoms with Gasteiger partial charge in [-0.25, -0.2) is 0 Å². The third-order valence-corrected chi connectivity index (χ3v) is 4.38. The van der Waals surface area contributed by atoms with Crippen molar-refractivity contribution in [1.29, 1.82) is 0 Å². The highest BCUT2D eigenvalue weighted by molar-refractivity contribution is 5.97. The van der Waals surface area contributed by atoms with E-state index in [0.717, 1.165) is 28.4 Å². The summed E-state index contributed by atoms with van der Waals surface area (Å²) in [5, 5.41) is 4.92. The maximum atomic E-state index is 6.01. The van der Waals surface area contributed by atoms with Gasteiger partial charge in [-0.2, -0.15) is 0 Å². The molecule has 0 saturated heterocycles. The summed E-state index contributed by atoms with van der Waals surface area (Å²) in [5.74, 6) is 1.77. The predicted octanol–water partition coefficient (Wildman–Crippen LogP) is 3.42. The molecule has 0 atom stereocenters. The fourth-order valence-electron chi connectivity index (χ4n) is 3.04. The zero-order valence-corrected chi connectivity index (χ0v) is 11.0. The summed E-state index contributed by atoms with van der Waals surface area (Å²) in [7, 11) is 0. The molecule has 0 unspecified atom stereocenters. The standard InChI is InChI=1S/C16H19N3/c17-13-3-1-2-12-14(8-9-18-16(12)13)19-15(10-4-5-10)11-6-7-11/h1-3,8-11,15H,4-7,17H2,(H,18,19). The summed E-state index contributed by atoms with van der Waals surface area (Å²) in [6.07, 6.45) is 7.41. The normalized spacial score (nSPS) is 19.0. The number of nitrogens with one attached hydrogen (secondary N) is 1. The number of fused-ring (bicyclic) bond motifs is 1. The van der Waals surface area contributed by atoms with Gasteiger partial charge in [0.05, 0.1) is 11.2 Å². The highest BCUT2D eigenvalue weighted by atomic mass is 15.0. The summed E-state index contributed by atoms with van der Waals surface area (Å²) in [5.41, 5.74) is 8.88. The van der Waals surface area contributed by atoms with Gasteiger partial charge in [-0.05, 0) is 49.7 Å². The van der Waals surface area contributed by atoms with Crippen molar-refractivity contribution < 1.29 is 0 Å². The van der Waals surface area contributed by atoms with Gasteiger partial charge in [0.1, 0.15) is 0 Å². The lowest BCUT2D eigenvalue weighted by atomic mass is 10.1. The molecule has 2 aliphatic rings. The molecular weight excluding hydrogens is 234 g/mol. The fourth-order valence-corrected chi connectivity index (χ4v) is 3.04. The Morgan fingerprint density at radius 2 is 1.84 bits per heavy atom. The minimum absolute atomic E-state index is 0.659. The third-order valence-electron chi connectivity index (χ3n) is 4.38. The number of aromatic nitrogens is 1. The Morgan fingerprint density at radius 1 is 1.11 bits per heavy atom. The predicted molar refractivity (Wildman–Crippen MR) is 79.0 cm³/mol. The monoisotopic (exact) mass is 253 g/mol. The molecule has 3 heteroatoms. The fraction of sp³-hybridized carbons (Fsp3) is 0.438. The molecule has 98 valence electrons. The van der Waals surface area contributed by atoms with Crippen molar-refractivity contribution in [3.05, 3.63) is 30.5 Å². The van der Waals surface area contributed by atoms with Gasteiger partial charge in [-0.15, -0.1) is 0 Å². The molecule has 1 aromatic carbocycles. The van der Waals surface area contributed by atoms with E-state index in [1.54, 1.807) is 0 Å².